The van der Waals surface area contributed by atoms with Crippen LogP contribution >= 0.6 is 23.1 Å². The molecule has 4 rings (SSSR count). The molecule has 0 bridgehead atoms. The van der Waals surface area contributed by atoms with Crippen molar-refractivity contribution in [2.75, 3.05) is 5.75 Å². The number of hydrogen-bond donors (Lipinski definition) is 1. The molecule has 0 aliphatic heterocycles. The first-order valence-electron chi connectivity index (χ1n) is 10.1. The minimum Gasteiger partial charge on any atom is -0.351 e. The zero-order valence-corrected chi connectivity index (χ0v) is 19.1. The summed E-state index contributed by atoms with van der Waals surface area (Å²) >= 11 is 2.76. The maximum absolute atomic E-state index is 13.0. The van der Waals surface area contributed by atoms with Crippen LogP contribution in [-0.4, -0.2) is 21.2 Å². The first-order chi connectivity index (χ1) is 15.0. The van der Waals surface area contributed by atoms with Crippen molar-refractivity contribution in [2.24, 2.45) is 0 Å². The second-order valence-corrected chi connectivity index (χ2v) is 9.18. The van der Waals surface area contributed by atoms with Crippen molar-refractivity contribution in [3.05, 3.63) is 82.1 Å². The molecule has 158 valence electrons. The number of amides is 1. The fraction of sp³-hybridized carbons (Fsp3) is 0.208. The van der Waals surface area contributed by atoms with Gasteiger partial charge in [0.2, 0.25) is 5.91 Å². The van der Waals surface area contributed by atoms with Gasteiger partial charge in [-0.3, -0.25) is 14.2 Å². The van der Waals surface area contributed by atoms with E-state index in [1.165, 1.54) is 28.7 Å². The predicted octanol–water partition coefficient (Wildman–Crippen LogP) is 4.86. The van der Waals surface area contributed by atoms with Crippen LogP contribution in [-0.2, 0) is 17.9 Å². The molecule has 2 aromatic heterocycles. The van der Waals surface area contributed by atoms with Crippen molar-refractivity contribution in [2.45, 2.75) is 32.1 Å². The molecule has 4 aromatic rings. The topological polar surface area (TPSA) is 64.0 Å². The van der Waals surface area contributed by atoms with Crippen LogP contribution in [0.5, 0.6) is 0 Å². The van der Waals surface area contributed by atoms with Gasteiger partial charge in [-0.2, -0.15) is 0 Å². The second-order valence-electron chi connectivity index (χ2n) is 7.19. The highest BCUT2D eigenvalue weighted by Gasteiger charge is 2.15. The van der Waals surface area contributed by atoms with E-state index in [4.69, 9.17) is 4.98 Å². The van der Waals surface area contributed by atoms with E-state index in [-0.39, 0.29) is 17.2 Å². The summed E-state index contributed by atoms with van der Waals surface area (Å²) < 4.78 is 2.29. The Morgan fingerprint density at radius 1 is 1.13 bits per heavy atom. The summed E-state index contributed by atoms with van der Waals surface area (Å²) in [6.07, 6.45) is 0. The van der Waals surface area contributed by atoms with Crippen molar-refractivity contribution >= 4 is 39.2 Å². The number of carbonyl (C=O) groups excluding carboxylic acids is 1. The molecular weight excluding hydrogens is 426 g/mol. The third-order valence-electron chi connectivity index (χ3n) is 4.92. The number of thiophene rings is 1. The highest BCUT2D eigenvalue weighted by atomic mass is 32.2. The second kappa shape index (κ2) is 9.49. The number of fused-ring (bicyclic) bond motifs is 1. The number of carbonyl (C=O) groups is 1. The van der Waals surface area contributed by atoms with Crippen molar-refractivity contribution in [1.29, 1.82) is 0 Å². The number of rotatable bonds is 7. The van der Waals surface area contributed by atoms with Gasteiger partial charge >= 0.3 is 0 Å². The van der Waals surface area contributed by atoms with Gasteiger partial charge in [0.05, 0.1) is 11.3 Å². The van der Waals surface area contributed by atoms with Crippen molar-refractivity contribution in [1.82, 2.24) is 14.9 Å². The van der Waals surface area contributed by atoms with Gasteiger partial charge in [0.25, 0.3) is 5.56 Å². The fourth-order valence-corrected chi connectivity index (χ4v) is 5.16. The molecule has 0 spiro atoms. The molecule has 0 aliphatic carbocycles. The predicted molar refractivity (Wildman–Crippen MR) is 129 cm³/mol. The summed E-state index contributed by atoms with van der Waals surface area (Å²) in [6.45, 7) is 4.94. The summed E-state index contributed by atoms with van der Waals surface area (Å²) in [5.74, 6) is 0.123. The van der Waals surface area contributed by atoms with Gasteiger partial charge in [-0.1, -0.05) is 71.9 Å². The number of aromatic nitrogens is 2. The van der Waals surface area contributed by atoms with Gasteiger partial charge < -0.3 is 5.32 Å². The monoisotopic (exact) mass is 449 g/mol. The molecule has 2 heterocycles. The number of thioether (sulfide) groups is 1. The zero-order chi connectivity index (χ0) is 21.8. The summed E-state index contributed by atoms with van der Waals surface area (Å²) in [6, 6.07) is 20.0. The molecule has 0 aliphatic rings. The Labute approximate surface area is 189 Å². The molecular formula is C24H23N3O2S2. The Morgan fingerprint density at radius 3 is 2.58 bits per heavy atom. The van der Waals surface area contributed by atoms with Crippen LogP contribution in [0.2, 0.25) is 0 Å². The Morgan fingerprint density at radius 2 is 1.87 bits per heavy atom. The van der Waals surface area contributed by atoms with E-state index in [2.05, 4.69) is 5.32 Å². The molecule has 0 unspecified atom stereocenters. The maximum atomic E-state index is 13.0. The molecule has 0 saturated carbocycles. The summed E-state index contributed by atoms with van der Waals surface area (Å²) in [4.78, 5) is 31.1. The molecule has 1 amide bonds. The summed E-state index contributed by atoms with van der Waals surface area (Å²) in [5.41, 5.74) is 3.94. The number of benzene rings is 2. The van der Waals surface area contributed by atoms with E-state index < -0.39 is 0 Å². The quantitative estimate of drug-likeness (QED) is 0.323. The van der Waals surface area contributed by atoms with Crippen molar-refractivity contribution in [3.63, 3.8) is 0 Å². The average molecular weight is 450 g/mol. The lowest BCUT2D eigenvalue weighted by atomic mass is 10.1. The Balaban J connectivity index is 1.50. The van der Waals surface area contributed by atoms with E-state index in [9.17, 15) is 9.59 Å². The first kappa shape index (κ1) is 21.3. The van der Waals surface area contributed by atoms with Gasteiger partial charge in [-0.15, -0.1) is 11.3 Å². The van der Waals surface area contributed by atoms with Gasteiger partial charge in [0.1, 0.15) is 4.70 Å². The molecule has 0 atom stereocenters. The van der Waals surface area contributed by atoms with E-state index >= 15 is 0 Å². The molecule has 1 N–H and O–H groups in total. The standard InChI is InChI=1S/C24H23N3O2S2/c1-3-27-23(29)22-19(13-20(31-22)18-7-5-4-6-8-18)26-24(27)30-15-21(28)25-14-17-11-9-16(2)10-12-17/h4-13H,3,14-15H2,1-2H3,(H,25,28). The largest absolute Gasteiger partial charge is 0.351 e. The third kappa shape index (κ3) is 4.89. The maximum Gasteiger partial charge on any atom is 0.272 e. The van der Waals surface area contributed by atoms with Gasteiger partial charge in [-0.25, -0.2) is 4.98 Å². The van der Waals surface area contributed by atoms with Crippen LogP contribution in [0.15, 0.2) is 70.6 Å². The minimum atomic E-state index is -0.0853. The van der Waals surface area contributed by atoms with E-state index in [0.29, 0.717) is 28.5 Å². The van der Waals surface area contributed by atoms with Gasteiger partial charge in [0.15, 0.2) is 5.16 Å². The van der Waals surface area contributed by atoms with E-state index in [0.717, 1.165) is 16.0 Å². The highest BCUT2D eigenvalue weighted by Crippen LogP contribution is 2.31. The van der Waals surface area contributed by atoms with Crippen LogP contribution in [0, 0.1) is 6.92 Å². The Kier molecular flexibility index (Phi) is 6.53. The lowest BCUT2D eigenvalue weighted by molar-refractivity contribution is -0.118. The number of nitrogens with zero attached hydrogens (tertiary/aromatic N) is 2. The molecule has 31 heavy (non-hydrogen) atoms. The number of hydrogen-bond acceptors (Lipinski definition) is 5. The van der Waals surface area contributed by atoms with Crippen LogP contribution < -0.4 is 10.9 Å². The minimum absolute atomic E-state index is 0.0535. The normalized spacial score (nSPS) is 11.0. The van der Waals surface area contributed by atoms with Crippen molar-refractivity contribution < 1.29 is 4.79 Å². The van der Waals surface area contributed by atoms with Crippen LogP contribution in [0.3, 0.4) is 0 Å². The van der Waals surface area contributed by atoms with Crippen molar-refractivity contribution in [3.8, 4) is 10.4 Å². The Bertz CT molecular complexity index is 1260. The molecule has 5 nitrogen and oxygen atoms in total. The molecule has 0 radical (unpaired) electrons. The Hall–Kier alpha value is -2.90. The first-order valence-corrected chi connectivity index (χ1v) is 11.9. The summed E-state index contributed by atoms with van der Waals surface area (Å²) in [7, 11) is 0. The zero-order valence-electron chi connectivity index (χ0n) is 17.4. The summed E-state index contributed by atoms with van der Waals surface area (Å²) in [5, 5.41) is 3.50. The van der Waals surface area contributed by atoms with Gasteiger partial charge in [0, 0.05) is 18.0 Å². The van der Waals surface area contributed by atoms with Crippen LogP contribution in [0.4, 0.5) is 0 Å². The molecule has 0 saturated heterocycles. The van der Waals surface area contributed by atoms with E-state index in [1.807, 2.05) is 74.5 Å². The van der Waals surface area contributed by atoms with Crippen LogP contribution in [0.25, 0.3) is 20.7 Å². The highest BCUT2D eigenvalue weighted by molar-refractivity contribution is 7.99. The van der Waals surface area contributed by atoms with E-state index in [1.54, 1.807) is 4.57 Å². The molecule has 7 heteroatoms. The lowest BCUT2D eigenvalue weighted by Crippen LogP contribution is -2.26. The number of nitrogens with one attached hydrogen (secondary N) is 1. The molecule has 2 aromatic carbocycles. The lowest BCUT2D eigenvalue weighted by Gasteiger charge is -2.10. The number of aryl methyl sites for hydroxylation is 1. The van der Waals surface area contributed by atoms with Gasteiger partial charge in [-0.05, 0) is 31.0 Å². The SMILES string of the molecule is CCn1c(SCC(=O)NCc2ccc(C)cc2)nc2cc(-c3ccccc3)sc2c1=O. The average Bonchev–Trinajstić information content (AvgIpc) is 3.22. The smallest absolute Gasteiger partial charge is 0.272 e. The molecule has 0 fully saturated rings. The fourth-order valence-electron chi connectivity index (χ4n) is 3.21. The van der Waals surface area contributed by atoms with Crippen LogP contribution in [0.1, 0.15) is 18.1 Å². The third-order valence-corrected chi connectivity index (χ3v) is 7.05.